The predicted octanol–water partition coefficient (Wildman–Crippen LogP) is 6.81. The summed E-state index contributed by atoms with van der Waals surface area (Å²) in [4.78, 5) is 24.8. The summed E-state index contributed by atoms with van der Waals surface area (Å²) in [5, 5.41) is 6.31. The quantitative estimate of drug-likeness (QED) is 0.332. The van der Waals surface area contributed by atoms with Gasteiger partial charge in [0.15, 0.2) is 0 Å². The van der Waals surface area contributed by atoms with E-state index < -0.39 is 11.9 Å². The van der Waals surface area contributed by atoms with Crippen LogP contribution in [-0.2, 0) is 9.53 Å². The summed E-state index contributed by atoms with van der Waals surface area (Å²) in [5.74, 6) is -0.986. The van der Waals surface area contributed by atoms with Crippen molar-refractivity contribution >= 4 is 69.1 Å². The third-order valence-corrected chi connectivity index (χ3v) is 5.78. The minimum atomic E-state index is -0.551. The number of rotatable bonds is 5. The number of nitrogens with one attached hydrogen (secondary N) is 1. The normalized spacial score (nSPS) is 10.9. The molecule has 148 valence electrons. The first-order valence-electron chi connectivity index (χ1n) is 8.29. The SMILES string of the molecule is COC(=O)c1c(-c2ccc(Cl)cc2)csc1NC(=O)C=Cc1c(Cl)cccc1Cl. The largest absolute Gasteiger partial charge is 0.465 e. The minimum Gasteiger partial charge on any atom is -0.465 e. The Labute approximate surface area is 186 Å². The number of esters is 1. The number of ether oxygens (including phenoxy) is 1. The average Bonchev–Trinajstić information content (AvgIpc) is 3.11. The van der Waals surface area contributed by atoms with E-state index in [1.165, 1.54) is 30.6 Å². The predicted molar refractivity (Wildman–Crippen MR) is 120 cm³/mol. The highest BCUT2D eigenvalue weighted by molar-refractivity contribution is 7.15. The maximum Gasteiger partial charge on any atom is 0.341 e. The fraction of sp³-hybridized carbons (Fsp3) is 0.0476. The highest BCUT2D eigenvalue weighted by Gasteiger charge is 2.22. The molecule has 0 aliphatic rings. The van der Waals surface area contributed by atoms with Crippen molar-refractivity contribution < 1.29 is 14.3 Å². The smallest absolute Gasteiger partial charge is 0.341 e. The van der Waals surface area contributed by atoms with Gasteiger partial charge in [-0.2, -0.15) is 0 Å². The first-order chi connectivity index (χ1) is 13.9. The van der Waals surface area contributed by atoms with Crippen molar-refractivity contribution in [2.24, 2.45) is 0 Å². The Balaban J connectivity index is 1.89. The van der Waals surface area contributed by atoms with E-state index in [-0.39, 0.29) is 5.56 Å². The van der Waals surface area contributed by atoms with E-state index in [1.54, 1.807) is 47.8 Å². The number of benzene rings is 2. The van der Waals surface area contributed by atoms with Gasteiger partial charge in [0.05, 0.1) is 7.11 Å². The molecular weight excluding hydrogens is 453 g/mol. The number of anilines is 1. The molecule has 0 radical (unpaired) electrons. The van der Waals surface area contributed by atoms with Crippen LogP contribution >= 0.6 is 46.1 Å². The van der Waals surface area contributed by atoms with E-state index in [1.807, 2.05) is 0 Å². The lowest BCUT2D eigenvalue weighted by molar-refractivity contribution is -0.111. The molecular formula is C21H14Cl3NO3S. The first kappa shape index (κ1) is 21.4. The molecule has 1 amide bonds. The van der Waals surface area contributed by atoms with Crippen LogP contribution in [-0.4, -0.2) is 19.0 Å². The molecule has 0 fully saturated rings. The monoisotopic (exact) mass is 465 g/mol. The lowest BCUT2D eigenvalue weighted by atomic mass is 10.0. The molecule has 0 aliphatic carbocycles. The van der Waals surface area contributed by atoms with Crippen LogP contribution in [0.5, 0.6) is 0 Å². The maximum atomic E-state index is 12.4. The van der Waals surface area contributed by atoms with Crippen LogP contribution in [0.1, 0.15) is 15.9 Å². The van der Waals surface area contributed by atoms with E-state index in [0.29, 0.717) is 31.2 Å². The van der Waals surface area contributed by atoms with E-state index in [9.17, 15) is 9.59 Å². The summed E-state index contributed by atoms with van der Waals surface area (Å²) in [5.41, 5.74) is 2.24. The van der Waals surface area contributed by atoms with Crippen molar-refractivity contribution in [3.8, 4) is 11.1 Å². The zero-order valence-corrected chi connectivity index (χ0v) is 18.1. The van der Waals surface area contributed by atoms with Gasteiger partial charge in [0.1, 0.15) is 10.6 Å². The minimum absolute atomic E-state index is 0.275. The average molecular weight is 467 g/mol. The van der Waals surface area contributed by atoms with Gasteiger partial charge in [-0.25, -0.2) is 4.79 Å². The summed E-state index contributed by atoms with van der Waals surface area (Å²) >= 11 is 19.4. The van der Waals surface area contributed by atoms with Crippen LogP contribution in [0, 0.1) is 0 Å². The van der Waals surface area contributed by atoms with Crippen molar-refractivity contribution in [3.63, 3.8) is 0 Å². The van der Waals surface area contributed by atoms with Crippen molar-refractivity contribution in [1.29, 1.82) is 0 Å². The molecule has 0 spiro atoms. The summed E-state index contributed by atoms with van der Waals surface area (Å²) in [6, 6.07) is 12.1. The second-order valence-corrected chi connectivity index (χ2v) is 7.94. The fourth-order valence-electron chi connectivity index (χ4n) is 2.58. The lowest BCUT2D eigenvalue weighted by Crippen LogP contribution is -2.11. The Kier molecular flexibility index (Phi) is 6.98. The van der Waals surface area contributed by atoms with E-state index in [0.717, 1.165) is 5.56 Å². The Bertz CT molecular complexity index is 1070. The van der Waals surface area contributed by atoms with Crippen molar-refractivity contribution in [3.05, 3.63) is 80.1 Å². The van der Waals surface area contributed by atoms with E-state index in [4.69, 9.17) is 39.5 Å². The second-order valence-electron chi connectivity index (χ2n) is 5.81. The van der Waals surface area contributed by atoms with Crippen molar-refractivity contribution in [1.82, 2.24) is 0 Å². The molecule has 1 heterocycles. The van der Waals surface area contributed by atoms with Gasteiger partial charge < -0.3 is 10.1 Å². The zero-order valence-electron chi connectivity index (χ0n) is 15.0. The molecule has 0 saturated carbocycles. The van der Waals surface area contributed by atoms with E-state index >= 15 is 0 Å². The molecule has 1 N–H and O–H groups in total. The molecule has 0 atom stereocenters. The topological polar surface area (TPSA) is 55.4 Å². The molecule has 0 unspecified atom stereocenters. The van der Waals surface area contributed by atoms with Crippen LogP contribution in [0.25, 0.3) is 17.2 Å². The van der Waals surface area contributed by atoms with Gasteiger partial charge in [-0.3, -0.25) is 4.79 Å². The fourth-order valence-corrected chi connectivity index (χ4v) is 4.19. The third-order valence-electron chi connectivity index (χ3n) is 3.97. The van der Waals surface area contributed by atoms with Gasteiger partial charge in [-0.05, 0) is 35.9 Å². The Morgan fingerprint density at radius 2 is 1.69 bits per heavy atom. The van der Waals surface area contributed by atoms with Crippen LogP contribution in [0.4, 0.5) is 5.00 Å². The number of amides is 1. The number of hydrogen-bond donors (Lipinski definition) is 1. The van der Waals surface area contributed by atoms with Crippen LogP contribution in [0.2, 0.25) is 15.1 Å². The summed E-state index contributed by atoms with van der Waals surface area (Å²) in [6.45, 7) is 0. The zero-order chi connectivity index (χ0) is 21.0. The molecule has 0 aliphatic heterocycles. The lowest BCUT2D eigenvalue weighted by Gasteiger charge is -2.07. The van der Waals surface area contributed by atoms with Gasteiger partial charge in [-0.15, -0.1) is 11.3 Å². The standard InChI is InChI=1S/C21H14Cl3NO3S/c1-28-21(27)19-15(12-5-7-13(22)8-6-12)11-29-20(19)25-18(26)10-9-14-16(23)3-2-4-17(14)24/h2-11H,1H3,(H,25,26). The molecule has 4 nitrogen and oxygen atoms in total. The maximum absolute atomic E-state index is 12.4. The van der Waals surface area contributed by atoms with Gasteiger partial charge in [0.2, 0.25) is 5.91 Å². The molecule has 3 aromatic rings. The summed E-state index contributed by atoms with van der Waals surface area (Å²) in [7, 11) is 1.29. The van der Waals surface area contributed by atoms with Crippen LogP contribution in [0.15, 0.2) is 53.9 Å². The summed E-state index contributed by atoms with van der Waals surface area (Å²) in [6.07, 6.45) is 2.82. The molecule has 0 saturated heterocycles. The number of carbonyl (C=O) groups excluding carboxylic acids is 2. The molecule has 0 bridgehead atoms. The Morgan fingerprint density at radius 3 is 2.31 bits per heavy atom. The number of halogens is 3. The molecule has 2 aromatic carbocycles. The molecule has 1 aromatic heterocycles. The number of hydrogen-bond acceptors (Lipinski definition) is 4. The second kappa shape index (κ2) is 9.46. The number of thiophene rings is 1. The highest BCUT2D eigenvalue weighted by Crippen LogP contribution is 2.36. The number of methoxy groups -OCH3 is 1. The molecule has 8 heteroatoms. The summed E-state index contributed by atoms with van der Waals surface area (Å²) < 4.78 is 4.90. The van der Waals surface area contributed by atoms with Gasteiger partial charge in [0, 0.05) is 37.7 Å². The van der Waals surface area contributed by atoms with E-state index in [2.05, 4.69) is 5.32 Å². The molecule has 3 rings (SSSR count). The van der Waals surface area contributed by atoms with Crippen LogP contribution < -0.4 is 5.32 Å². The number of carbonyl (C=O) groups is 2. The van der Waals surface area contributed by atoms with Gasteiger partial charge in [0.25, 0.3) is 0 Å². The van der Waals surface area contributed by atoms with Crippen molar-refractivity contribution in [2.45, 2.75) is 0 Å². The Morgan fingerprint density at radius 1 is 1.03 bits per heavy atom. The third kappa shape index (κ3) is 5.00. The van der Waals surface area contributed by atoms with Crippen molar-refractivity contribution in [2.75, 3.05) is 12.4 Å². The highest BCUT2D eigenvalue weighted by atomic mass is 35.5. The van der Waals surface area contributed by atoms with Gasteiger partial charge in [-0.1, -0.05) is 53.0 Å². The Hall–Kier alpha value is -2.31. The van der Waals surface area contributed by atoms with Crippen LogP contribution in [0.3, 0.4) is 0 Å². The first-order valence-corrected chi connectivity index (χ1v) is 10.3. The van der Waals surface area contributed by atoms with Gasteiger partial charge >= 0.3 is 5.97 Å². The molecule has 29 heavy (non-hydrogen) atoms.